The molecule has 0 spiro atoms. The van der Waals surface area contributed by atoms with Crippen molar-refractivity contribution in [1.29, 1.82) is 0 Å². The largest absolute Gasteiger partial charge is 0.378 e. The summed E-state index contributed by atoms with van der Waals surface area (Å²) in [4.78, 5) is 4.58. The number of thiazole rings is 1. The Balaban J connectivity index is 2.00. The number of hydrogen-bond donors (Lipinski definition) is 1. The van der Waals surface area contributed by atoms with Gasteiger partial charge in [-0.2, -0.15) is 11.8 Å². The van der Waals surface area contributed by atoms with Gasteiger partial charge in [-0.25, -0.2) is 4.98 Å². The summed E-state index contributed by atoms with van der Waals surface area (Å²) in [5.41, 5.74) is 1.14. The highest BCUT2D eigenvalue weighted by Gasteiger charge is 2.17. The van der Waals surface area contributed by atoms with Crippen molar-refractivity contribution in [3.8, 4) is 0 Å². The molecule has 2 rings (SSSR count). The van der Waals surface area contributed by atoms with Crippen LogP contribution < -0.4 is 5.32 Å². The smallest absolute Gasteiger partial charge is 0.103 e. The van der Waals surface area contributed by atoms with Crippen LogP contribution in [0.3, 0.4) is 0 Å². The molecule has 1 aromatic heterocycles. The number of rotatable bonds is 3. The SMILES string of the molecule is CSCc1nc(C2COCCN2)cs1. The Bertz CT molecular complexity index is 284. The van der Waals surface area contributed by atoms with Crippen molar-refractivity contribution in [3.05, 3.63) is 16.1 Å². The normalized spacial score (nSPS) is 22.5. The molecule has 1 aliphatic rings. The van der Waals surface area contributed by atoms with E-state index in [2.05, 4.69) is 21.9 Å². The van der Waals surface area contributed by atoms with Crippen molar-refractivity contribution in [3.63, 3.8) is 0 Å². The van der Waals surface area contributed by atoms with E-state index in [-0.39, 0.29) is 0 Å². The number of hydrogen-bond acceptors (Lipinski definition) is 5. The molecule has 2 heterocycles. The minimum absolute atomic E-state index is 0.301. The predicted octanol–water partition coefficient (Wildman–Crippen LogP) is 1.67. The van der Waals surface area contributed by atoms with Gasteiger partial charge in [0.2, 0.25) is 0 Å². The summed E-state index contributed by atoms with van der Waals surface area (Å²) in [6.45, 7) is 2.50. The Morgan fingerprint density at radius 3 is 3.43 bits per heavy atom. The van der Waals surface area contributed by atoms with E-state index in [0.717, 1.165) is 31.2 Å². The van der Waals surface area contributed by atoms with Crippen LogP contribution in [0.15, 0.2) is 5.38 Å². The van der Waals surface area contributed by atoms with Gasteiger partial charge in [0.25, 0.3) is 0 Å². The Labute approximate surface area is 92.3 Å². The Morgan fingerprint density at radius 1 is 1.79 bits per heavy atom. The Hall–Kier alpha value is -0.100. The van der Waals surface area contributed by atoms with Gasteiger partial charge in [-0.3, -0.25) is 0 Å². The summed E-state index contributed by atoms with van der Waals surface area (Å²) in [5, 5.41) is 6.75. The van der Waals surface area contributed by atoms with E-state index in [1.807, 2.05) is 11.8 Å². The third kappa shape index (κ3) is 2.48. The molecule has 1 aliphatic heterocycles. The number of nitrogens with zero attached hydrogens (tertiary/aromatic N) is 1. The molecule has 1 aromatic rings. The van der Waals surface area contributed by atoms with Crippen molar-refractivity contribution in [2.24, 2.45) is 0 Å². The molecule has 1 fully saturated rings. The lowest BCUT2D eigenvalue weighted by atomic mass is 10.2. The molecule has 0 amide bonds. The van der Waals surface area contributed by atoms with E-state index < -0.39 is 0 Å². The first-order chi connectivity index (χ1) is 6.90. The van der Waals surface area contributed by atoms with Crippen molar-refractivity contribution >= 4 is 23.1 Å². The number of ether oxygens (including phenoxy) is 1. The molecule has 1 unspecified atom stereocenters. The first-order valence-electron chi connectivity index (χ1n) is 4.64. The van der Waals surface area contributed by atoms with Gasteiger partial charge in [0.05, 0.1) is 24.9 Å². The second kappa shape index (κ2) is 5.11. The van der Waals surface area contributed by atoms with E-state index in [1.165, 1.54) is 5.01 Å². The molecule has 0 bridgehead atoms. The quantitative estimate of drug-likeness (QED) is 0.856. The van der Waals surface area contributed by atoms with E-state index in [0.29, 0.717) is 6.04 Å². The van der Waals surface area contributed by atoms with Crippen molar-refractivity contribution in [2.75, 3.05) is 26.0 Å². The maximum absolute atomic E-state index is 5.40. The molecular formula is C9H14N2OS2. The zero-order chi connectivity index (χ0) is 9.80. The van der Waals surface area contributed by atoms with Crippen LogP contribution >= 0.6 is 23.1 Å². The van der Waals surface area contributed by atoms with Crippen LogP contribution in [0.5, 0.6) is 0 Å². The van der Waals surface area contributed by atoms with Crippen molar-refractivity contribution < 1.29 is 4.74 Å². The van der Waals surface area contributed by atoms with E-state index in [9.17, 15) is 0 Å². The minimum atomic E-state index is 0.301. The number of morpholine rings is 1. The maximum Gasteiger partial charge on any atom is 0.103 e. The lowest BCUT2D eigenvalue weighted by molar-refractivity contribution is 0.0758. The van der Waals surface area contributed by atoms with Gasteiger partial charge >= 0.3 is 0 Å². The van der Waals surface area contributed by atoms with Gasteiger partial charge in [-0.1, -0.05) is 0 Å². The summed E-state index contributed by atoms with van der Waals surface area (Å²) < 4.78 is 5.40. The fourth-order valence-corrected chi connectivity index (χ4v) is 3.00. The van der Waals surface area contributed by atoms with Crippen LogP contribution in [0, 0.1) is 0 Å². The molecule has 0 aliphatic carbocycles. The highest BCUT2D eigenvalue weighted by molar-refractivity contribution is 7.97. The Kier molecular flexibility index (Phi) is 3.81. The topological polar surface area (TPSA) is 34.1 Å². The summed E-state index contributed by atoms with van der Waals surface area (Å²) in [6, 6.07) is 0.301. The standard InChI is InChI=1S/C9H14N2OS2/c1-13-6-9-11-8(5-14-9)7-4-12-3-2-10-7/h5,7,10H,2-4,6H2,1H3. The third-order valence-corrected chi connectivity index (χ3v) is 3.73. The van der Waals surface area contributed by atoms with Crippen LogP contribution in [0.25, 0.3) is 0 Å². The minimum Gasteiger partial charge on any atom is -0.378 e. The summed E-state index contributed by atoms with van der Waals surface area (Å²) in [7, 11) is 0. The Morgan fingerprint density at radius 2 is 2.71 bits per heavy atom. The molecule has 0 radical (unpaired) electrons. The average molecular weight is 230 g/mol. The highest BCUT2D eigenvalue weighted by atomic mass is 32.2. The second-order valence-corrected chi connectivity index (χ2v) is 4.99. The van der Waals surface area contributed by atoms with Crippen molar-refractivity contribution in [2.45, 2.75) is 11.8 Å². The molecular weight excluding hydrogens is 216 g/mol. The summed E-state index contributed by atoms with van der Waals surface area (Å²) >= 11 is 3.55. The van der Waals surface area contributed by atoms with E-state index in [4.69, 9.17) is 4.74 Å². The van der Waals surface area contributed by atoms with Gasteiger partial charge in [0.15, 0.2) is 0 Å². The highest BCUT2D eigenvalue weighted by Crippen LogP contribution is 2.21. The van der Waals surface area contributed by atoms with Gasteiger partial charge in [0.1, 0.15) is 5.01 Å². The van der Waals surface area contributed by atoms with E-state index >= 15 is 0 Å². The average Bonchev–Trinajstić information content (AvgIpc) is 2.68. The fourth-order valence-electron chi connectivity index (χ4n) is 1.43. The number of thioether (sulfide) groups is 1. The first-order valence-corrected chi connectivity index (χ1v) is 6.92. The second-order valence-electron chi connectivity index (χ2n) is 3.18. The molecule has 0 saturated carbocycles. The summed E-state index contributed by atoms with van der Waals surface area (Å²) in [5.74, 6) is 1.01. The van der Waals surface area contributed by atoms with Gasteiger partial charge in [-0.05, 0) is 6.26 Å². The first kappa shape index (κ1) is 10.4. The predicted molar refractivity (Wildman–Crippen MR) is 60.9 cm³/mol. The van der Waals surface area contributed by atoms with Gasteiger partial charge in [0, 0.05) is 17.7 Å². The molecule has 14 heavy (non-hydrogen) atoms. The van der Waals surface area contributed by atoms with Crippen LogP contribution in [0.2, 0.25) is 0 Å². The molecule has 78 valence electrons. The fraction of sp³-hybridized carbons (Fsp3) is 0.667. The van der Waals surface area contributed by atoms with Crippen LogP contribution in [-0.4, -0.2) is 31.0 Å². The molecule has 1 N–H and O–H groups in total. The number of nitrogens with one attached hydrogen (secondary N) is 1. The molecule has 1 atom stereocenters. The van der Waals surface area contributed by atoms with E-state index in [1.54, 1.807) is 11.3 Å². The van der Waals surface area contributed by atoms with Gasteiger partial charge < -0.3 is 10.1 Å². The zero-order valence-electron chi connectivity index (χ0n) is 8.16. The van der Waals surface area contributed by atoms with Crippen LogP contribution in [0.1, 0.15) is 16.7 Å². The molecule has 3 nitrogen and oxygen atoms in total. The number of aromatic nitrogens is 1. The lowest BCUT2D eigenvalue weighted by Gasteiger charge is -2.21. The summed E-state index contributed by atoms with van der Waals surface area (Å²) in [6.07, 6.45) is 2.10. The molecule has 0 aromatic carbocycles. The van der Waals surface area contributed by atoms with Crippen LogP contribution in [0.4, 0.5) is 0 Å². The van der Waals surface area contributed by atoms with Crippen molar-refractivity contribution in [1.82, 2.24) is 10.3 Å². The zero-order valence-corrected chi connectivity index (χ0v) is 9.79. The third-order valence-electron chi connectivity index (χ3n) is 2.12. The van der Waals surface area contributed by atoms with Crippen LogP contribution in [-0.2, 0) is 10.5 Å². The lowest BCUT2D eigenvalue weighted by Crippen LogP contribution is -2.34. The van der Waals surface area contributed by atoms with Gasteiger partial charge in [-0.15, -0.1) is 11.3 Å². The molecule has 1 saturated heterocycles. The monoisotopic (exact) mass is 230 g/mol. The molecule has 5 heteroatoms. The maximum atomic E-state index is 5.40.